The Bertz CT molecular complexity index is 365. The summed E-state index contributed by atoms with van der Waals surface area (Å²) < 4.78 is 5.47. The Kier molecular flexibility index (Phi) is 3.46. The monoisotopic (exact) mass is 220 g/mol. The second-order valence-electron chi connectivity index (χ2n) is 4.38. The van der Waals surface area contributed by atoms with Crippen LogP contribution in [-0.4, -0.2) is 32.3 Å². The van der Waals surface area contributed by atoms with Gasteiger partial charge >= 0.3 is 0 Å². The largest absolute Gasteiger partial charge is 0.377 e. The summed E-state index contributed by atoms with van der Waals surface area (Å²) >= 11 is 0. The van der Waals surface area contributed by atoms with E-state index in [2.05, 4.69) is 36.9 Å². The molecule has 0 spiro atoms. The van der Waals surface area contributed by atoms with Gasteiger partial charge in [0.2, 0.25) is 0 Å². The first-order valence-electron chi connectivity index (χ1n) is 5.84. The van der Waals surface area contributed by atoms with E-state index >= 15 is 0 Å². The molecule has 1 heterocycles. The Balaban J connectivity index is 2.30. The van der Waals surface area contributed by atoms with Crippen LogP contribution in [0, 0.1) is 13.8 Å². The number of hydrogen-bond donors (Lipinski definition) is 1. The van der Waals surface area contributed by atoms with E-state index in [1.54, 1.807) is 0 Å². The Morgan fingerprint density at radius 1 is 1.44 bits per heavy atom. The maximum atomic E-state index is 5.80. The summed E-state index contributed by atoms with van der Waals surface area (Å²) in [5.41, 5.74) is 9.78. The average Bonchev–Trinajstić information content (AvgIpc) is 2.33. The van der Waals surface area contributed by atoms with E-state index in [9.17, 15) is 0 Å². The van der Waals surface area contributed by atoms with Crippen molar-refractivity contribution in [2.24, 2.45) is 5.73 Å². The summed E-state index contributed by atoms with van der Waals surface area (Å²) in [5, 5.41) is 0. The normalized spacial score (nSPS) is 21.2. The van der Waals surface area contributed by atoms with Crippen molar-refractivity contribution in [1.29, 1.82) is 0 Å². The van der Waals surface area contributed by atoms with Crippen LogP contribution in [0.15, 0.2) is 18.2 Å². The summed E-state index contributed by atoms with van der Waals surface area (Å²) in [6.07, 6.45) is 0. The third-order valence-corrected chi connectivity index (χ3v) is 3.39. The third-order valence-electron chi connectivity index (χ3n) is 3.39. The molecule has 1 aromatic carbocycles. The molecule has 1 saturated heterocycles. The molecule has 3 heteroatoms. The number of benzene rings is 1. The van der Waals surface area contributed by atoms with Crippen LogP contribution in [0.2, 0.25) is 0 Å². The van der Waals surface area contributed by atoms with Crippen molar-refractivity contribution in [3.63, 3.8) is 0 Å². The average molecular weight is 220 g/mol. The van der Waals surface area contributed by atoms with Crippen molar-refractivity contribution < 1.29 is 4.74 Å². The van der Waals surface area contributed by atoms with Gasteiger partial charge in [0.05, 0.1) is 19.3 Å². The number of nitrogens with zero attached hydrogens (tertiary/aromatic N) is 1. The molecule has 1 unspecified atom stereocenters. The molecule has 16 heavy (non-hydrogen) atoms. The molecule has 2 N–H and O–H groups in total. The minimum atomic E-state index is 0.314. The van der Waals surface area contributed by atoms with Gasteiger partial charge in [0.1, 0.15) is 0 Å². The number of nitrogens with two attached hydrogens (primary N) is 1. The number of ether oxygens (including phenoxy) is 1. The number of anilines is 1. The molecule has 88 valence electrons. The molecule has 2 rings (SSSR count). The molecule has 1 fully saturated rings. The first kappa shape index (κ1) is 11.4. The highest BCUT2D eigenvalue weighted by atomic mass is 16.5. The number of morpholine rings is 1. The first-order chi connectivity index (χ1) is 7.74. The van der Waals surface area contributed by atoms with E-state index in [0.29, 0.717) is 12.6 Å². The zero-order valence-electron chi connectivity index (χ0n) is 10.1. The van der Waals surface area contributed by atoms with E-state index in [4.69, 9.17) is 10.5 Å². The van der Waals surface area contributed by atoms with Crippen LogP contribution >= 0.6 is 0 Å². The van der Waals surface area contributed by atoms with Gasteiger partial charge in [-0.3, -0.25) is 0 Å². The van der Waals surface area contributed by atoms with Gasteiger partial charge in [0, 0.05) is 18.8 Å². The zero-order valence-corrected chi connectivity index (χ0v) is 10.1. The summed E-state index contributed by atoms with van der Waals surface area (Å²) in [5.74, 6) is 0. The molecule has 1 aliphatic rings. The van der Waals surface area contributed by atoms with E-state index in [1.165, 1.54) is 16.8 Å². The minimum Gasteiger partial charge on any atom is -0.377 e. The molecule has 0 bridgehead atoms. The predicted octanol–water partition coefficient (Wildman–Crippen LogP) is 1.47. The van der Waals surface area contributed by atoms with Gasteiger partial charge in [-0.1, -0.05) is 12.1 Å². The lowest BCUT2D eigenvalue weighted by Gasteiger charge is -2.37. The van der Waals surface area contributed by atoms with Gasteiger partial charge in [-0.2, -0.15) is 0 Å². The van der Waals surface area contributed by atoms with Crippen molar-refractivity contribution in [2.45, 2.75) is 19.9 Å². The Morgan fingerprint density at radius 2 is 2.25 bits per heavy atom. The van der Waals surface area contributed by atoms with Gasteiger partial charge in [-0.25, -0.2) is 0 Å². The topological polar surface area (TPSA) is 38.5 Å². The molecule has 0 aliphatic carbocycles. The molecule has 0 aromatic heterocycles. The molecule has 1 aromatic rings. The lowest BCUT2D eigenvalue weighted by atomic mass is 10.1. The third kappa shape index (κ3) is 2.06. The van der Waals surface area contributed by atoms with E-state index in [-0.39, 0.29) is 0 Å². The van der Waals surface area contributed by atoms with E-state index in [1.807, 2.05) is 0 Å². The second kappa shape index (κ2) is 4.85. The molecule has 0 radical (unpaired) electrons. The SMILES string of the molecule is Cc1cccc(N2CCOCC2CN)c1C. The van der Waals surface area contributed by atoms with Crippen LogP contribution in [0.3, 0.4) is 0 Å². The lowest BCUT2D eigenvalue weighted by molar-refractivity contribution is 0.0962. The zero-order chi connectivity index (χ0) is 11.5. The summed E-state index contributed by atoms with van der Waals surface area (Å²) in [6.45, 7) is 7.44. The second-order valence-corrected chi connectivity index (χ2v) is 4.38. The fraction of sp³-hybridized carbons (Fsp3) is 0.538. The van der Waals surface area contributed by atoms with Crippen LogP contribution in [0.25, 0.3) is 0 Å². The molecule has 0 amide bonds. The fourth-order valence-electron chi connectivity index (χ4n) is 2.21. The Morgan fingerprint density at radius 3 is 3.00 bits per heavy atom. The van der Waals surface area contributed by atoms with Crippen LogP contribution in [-0.2, 0) is 4.74 Å². The van der Waals surface area contributed by atoms with Crippen molar-refractivity contribution in [2.75, 3.05) is 31.2 Å². The molecule has 0 saturated carbocycles. The van der Waals surface area contributed by atoms with Crippen LogP contribution in [0.4, 0.5) is 5.69 Å². The van der Waals surface area contributed by atoms with Crippen molar-refractivity contribution >= 4 is 5.69 Å². The van der Waals surface area contributed by atoms with Crippen LogP contribution < -0.4 is 10.6 Å². The van der Waals surface area contributed by atoms with Gasteiger partial charge < -0.3 is 15.4 Å². The van der Waals surface area contributed by atoms with Gasteiger partial charge in [-0.15, -0.1) is 0 Å². The van der Waals surface area contributed by atoms with Crippen LogP contribution in [0.5, 0.6) is 0 Å². The first-order valence-corrected chi connectivity index (χ1v) is 5.84. The van der Waals surface area contributed by atoms with Crippen molar-refractivity contribution in [3.8, 4) is 0 Å². The molecule has 1 atom stereocenters. The van der Waals surface area contributed by atoms with Gasteiger partial charge in [0.15, 0.2) is 0 Å². The highest BCUT2D eigenvalue weighted by molar-refractivity contribution is 5.57. The predicted molar refractivity (Wildman–Crippen MR) is 66.9 cm³/mol. The highest BCUT2D eigenvalue weighted by Crippen LogP contribution is 2.25. The van der Waals surface area contributed by atoms with Gasteiger partial charge in [-0.05, 0) is 31.0 Å². The molecule has 3 nitrogen and oxygen atoms in total. The quantitative estimate of drug-likeness (QED) is 0.820. The lowest BCUT2D eigenvalue weighted by Crippen LogP contribution is -2.49. The van der Waals surface area contributed by atoms with Crippen molar-refractivity contribution in [3.05, 3.63) is 29.3 Å². The minimum absolute atomic E-state index is 0.314. The summed E-state index contributed by atoms with van der Waals surface area (Å²) in [4.78, 5) is 2.38. The Hall–Kier alpha value is -1.06. The maximum absolute atomic E-state index is 5.80. The Labute approximate surface area is 97.2 Å². The smallest absolute Gasteiger partial charge is 0.0683 e. The summed E-state index contributed by atoms with van der Waals surface area (Å²) in [7, 11) is 0. The fourth-order valence-corrected chi connectivity index (χ4v) is 2.21. The summed E-state index contributed by atoms with van der Waals surface area (Å²) in [6, 6.07) is 6.75. The number of rotatable bonds is 2. The maximum Gasteiger partial charge on any atom is 0.0683 e. The van der Waals surface area contributed by atoms with Crippen molar-refractivity contribution in [1.82, 2.24) is 0 Å². The van der Waals surface area contributed by atoms with Crippen LogP contribution in [0.1, 0.15) is 11.1 Å². The molecular weight excluding hydrogens is 200 g/mol. The molecule has 1 aliphatic heterocycles. The number of hydrogen-bond acceptors (Lipinski definition) is 3. The van der Waals surface area contributed by atoms with E-state index < -0.39 is 0 Å². The van der Waals surface area contributed by atoms with Gasteiger partial charge in [0.25, 0.3) is 0 Å². The standard InChI is InChI=1S/C13H20N2O/c1-10-4-3-5-13(11(10)2)15-6-7-16-9-12(15)8-14/h3-5,12H,6-9,14H2,1-2H3. The molecular formula is C13H20N2O. The highest BCUT2D eigenvalue weighted by Gasteiger charge is 2.23. The van der Waals surface area contributed by atoms with E-state index in [0.717, 1.165) is 19.8 Å². The number of aryl methyl sites for hydroxylation is 1.